The van der Waals surface area contributed by atoms with Gasteiger partial charge in [-0.05, 0) is 32.9 Å². The maximum atomic E-state index is 11.8. The fraction of sp³-hybridized carbons (Fsp3) is 0.500. The maximum Gasteiger partial charge on any atom is 0.299 e. The van der Waals surface area contributed by atoms with Crippen LogP contribution in [-0.4, -0.2) is 48.6 Å². The second-order valence-electron chi connectivity index (χ2n) is 6.44. The van der Waals surface area contributed by atoms with E-state index in [0.717, 1.165) is 0 Å². The van der Waals surface area contributed by atoms with E-state index >= 15 is 0 Å². The van der Waals surface area contributed by atoms with Crippen LogP contribution in [0.5, 0.6) is 5.75 Å². The van der Waals surface area contributed by atoms with E-state index < -0.39 is 17.8 Å². The van der Waals surface area contributed by atoms with E-state index in [0.29, 0.717) is 23.5 Å². The van der Waals surface area contributed by atoms with Crippen LogP contribution in [0.15, 0.2) is 18.2 Å². The number of para-hydroxylation sites is 1. The molecule has 6 heteroatoms. The third kappa shape index (κ3) is 3.45. The molecule has 0 spiro atoms. The molecular weight excluding hydrogens is 284 g/mol. The zero-order chi connectivity index (χ0) is 16.5. The minimum absolute atomic E-state index is 0.0791. The Morgan fingerprint density at radius 3 is 2.64 bits per heavy atom. The number of aliphatic hydroxyl groups is 1. The third-order valence-corrected chi connectivity index (χ3v) is 3.38. The Balaban J connectivity index is 2.04. The smallest absolute Gasteiger partial charge is 0.299 e. The molecule has 1 aromatic carbocycles. The summed E-state index contributed by atoms with van der Waals surface area (Å²) in [6.45, 7) is 6.51. The molecule has 0 fully saturated rings. The molecule has 0 saturated carbocycles. The number of carbonyl (C=O) groups excluding carboxylic acids is 2. The first-order chi connectivity index (χ1) is 10.2. The number of nitrogens with zero attached hydrogens (tertiary/aromatic N) is 1. The van der Waals surface area contributed by atoms with Crippen LogP contribution < -0.4 is 15.0 Å². The monoisotopic (exact) mass is 306 g/mol. The third-order valence-electron chi connectivity index (χ3n) is 3.38. The quantitative estimate of drug-likeness (QED) is 0.793. The van der Waals surface area contributed by atoms with E-state index in [1.165, 1.54) is 11.9 Å². The molecule has 1 aliphatic rings. The molecule has 0 aliphatic carbocycles. The van der Waals surface area contributed by atoms with Crippen molar-refractivity contribution in [3.63, 3.8) is 0 Å². The molecule has 0 aromatic heterocycles. The molecule has 0 bridgehead atoms. The first kappa shape index (κ1) is 16.5. The molecule has 6 nitrogen and oxygen atoms in total. The number of hydrogen-bond donors (Lipinski definition) is 2. The summed E-state index contributed by atoms with van der Waals surface area (Å²) >= 11 is 0. The lowest BCUT2D eigenvalue weighted by Gasteiger charge is -2.23. The molecule has 2 N–H and O–H groups in total. The fourth-order valence-electron chi connectivity index (χ4n) is 2.21. The highest BCUT2D eigenvalue weighted by Crippen LogP contribution is 2.36. The lowest BCUT2D eigenvalue weighted by atomic mass is 10.1. The Kier molecular flexibility index (Phi) is 4.53. The number of ether oxygens (including phenoxy) is 1. The fourth-order valence-corrected chi connectivity index (χ4v) is 2.21. The van der Waals surface area contributed by atoms with Gasteiger partial charge in [-0.2, -0.15) is 0 Å². The molecule has 1 amide bonds. The van der Waals surface area contributed by atoms with Crippen molar-refractivity contribution in [1.82, 2.24) is 5.32 Å². The topological polar surface area (TPSA) is 78.9 Å². The Labute approximate surface area is 130 Å². The molecule has 22 heavy (non-hydrogen) atoms. The minimum Gasteiger partial charge on any atom is -0.489 e. The van der Waals surface area contributed by atoms with Gasteiger partial charge in [0.15, 0.2) is 0 Å². The average Bonchev–Trinajstić information content (AvgIpc) is 2.68. The van der Waals surface area contributed by atoms with Crippen LogP contribution in [0.4, 0.5) is 5.69 Å². The average molecular weight is 306 g/mol. The van der Waals surface area contributed by atoms with Gasteiger partial charge in [0.2, 0.25) is 0 Å². The molecular formula is C16H22N2O4. The Hall–Kier alpha value is -1.92. The molecule has 1 aromatic rings. The van der Waals surface area contributed by atoms with Gasteiger partial charge in [-0.3, -0.25) is 9.59 Å². The van der Waals surface area contributed by atoms with E-state index in [2.05, 4.69) is 5.32 Å². The molecule has 2 rings (SSSR count). The number of Topliss-reactive ketones (excluding diaryl/α,β-unsaturated/α-hetero) is 1. The Morgan fingerprint density at radius 2 is 2.00 bits per heavy atom. The van der Waals surface area contributed by atoms with Gasteiger partial charge >= 0.3 is 0 Å². The summed E-state index contributed by atoms with van der Waals surface area (Å²) in [5.41, 5.74) is 0.717. The van der Waals surface area contributed by atoms with Crippen LogP contribution >= 0.6 is 0 Å². The van der Waals surface area contributed by atoms with Crippen molar-refractivity contribution in [2.75, 3.05) is 25.1 Å². The number of likely N-dealkylation sites (N-methyl/N-ethyl adjacent to an activating group) is 1. The SMILES string of the molecule is CN1C(=O)C(=O)c2cccc(OCC(O)CNC(C)(C)C)c21. The van der Waals surface area contributed by atoms with E-state index in [4.69, 9.17) is 4.74 Å². The van der Waals surface area contributed by atoms with Crippen LogP contribution in [0.3, 0.4) is 0 Å². The molecule has 1 heterocycles. The van der Waals surface area contributed by atoms with Gasteiger partial charge in [-0.1, -0.05) is 6.07 Å². The number of rotatable bonds is 5. The molecule has 120 valence electrons. The standard InChI is InChI=1S/C16H22N2O4/c1-16(2,3)17-8-10(19)9-22-12-7-5-6-11-13(12)18(4)15(21)14(11)20/h5-7,10,17,19H,8-9H2,1-4H3. The van der Waals surface area contributed by atoms with Gasteiger partial charge < -0.3 is 20.1 Å². The van der Waals surface area contributed by atoms with Crippen molar-refractivity contribution in [3.8, 4) is 5.75 Å². The summed E-state index contributed by atoms with van der Waals surface area (Å²) in [5.74, 6) is -0.673. The number of fused-ring (bicyclic) bond motifs is 1. The molecule has 1 aliphatic heterocycles. The van der Waals surface area contributed by atoms with Crippen LogP contribution in [0, 0.1) is 0 Å². The normalized spacial score (nSPS) is 16.0. The van der Waals surface area contributed by atoms with E-state index in [-0.39, 0.29) is 12.1 Å². The highest BCUT2D eigenvalue weighted by molar-refractivity contribution is 6.52. The van der Waals surface area contributed by atoms with Crippen molar-refractivity contribution in [1.29, 1.82) is 0 Å². The number of benzene rings is 1. The van der Waals surface area contributed by atoms with Crippen molar-refractivity contribution in [3.05, 3.63) is 23.8 Å². The van der Waals surface area contributed by atoms with E-state index in [9.17, 15) is 14.7 Å². The molecule has 0 radical (unpaired) electrons. The highest BCUT2D eigenvalue weighted by atomic mass is 16.5. The van der Waals surface area contributed by atoms with Gasteiger partial charge in [0, 0.05) is 19.1 Å². The van der Waals surface area contributed by atoms with Gasteiger partial charge in [0.25, 0.3) is 11.7 Å². The predicted molar refractivity (Wildman–Crippen MR) is 83.4 cm³/mol. The second-order valence-corrected chi connectivity index (χ2v) is 6.44. The number of amides is 1. The van der Waals surface area contributed by atoms with Crippen molar-refractivity contribution in [2.45, 2.75) is 32.4 Å². The number of anilines is 1. The molecule has 1 atom stereocenters. The number of nitrogens with one attached hydrogen (secondary N) is 1. The van der Waals surface area contributed by atoms with E-state index in [1.807, 2.05) is 20.8 Å². The largest absolute Gasteiger partial charge is 0.489 e. The van der Waals surface area contributed by atoms with Crippen LogP contribution in [0.25, 0.3) is 0 Å². The summed E-state index contributed by atoms with van der Waals surface area (Å²) in [6.07, 6.45) is -0.687. The first-order valence-corrected chi connectivity index (χ1v) is 7.22. The predicted octanol–water partition coefficient (Wildman–Crippen LogP) is 0.973. The summed E-state index contributed by atoms with van der Waals surface area (Å²) in [7, 11) is 1.54. The van der Waals surface area contributed by atoms with Gasteiger partial charge in [0.1, 0.15) is 18.5 Å². The van der Waals surface area contributed by atoms with Gasteiger partial charge in [-0.25, -0.2) is 0 Å². The van der Waals surface area contributed by atoms with Gasteiger partial charge in [0.05, 0.1) is 11.3 Å². The van der Waals surface area contributed by atoms with Crippen LogP contribution in [0.2, 0.25) is 0 Å². The number of aliphatic hydroxyl groups excluding tert-OH is 1. The first-order valence-electron chi connectivity index (χ1n) is 7.22. The summed E-state index contributed by atoms with van der Waals surface area (Å²) in [5, 5.41) is 13.1. The van der Waals surface area contributed by atoms with Crippen molar-refractivity contribution < 1.29 is 19.4 Å². The summed E-state index contributed by atoms with van der Waals surface area (Å²) in [6, 6.07) is 4.95. The van der Waals surface area contributed by atoms with Crippen LogP contribution in [0.1, 0.15) is 31.1 Å². The minimum atomic E-state index is -0.687. The lowest BCUT2D eigenvalue weighted by Crippen LogP contribution is -2.42. The number of hydrogen-bond acceptors (Lipinski definition) is 5. The number of β-amino-alcohol motifs (C(OH)–C–C–N with tert-alkyl or cyclic N) is 1. The number of ketones is 1. The van der Waals surface area contributed by atoms with Gasteiger partial charge in [-0.15, -0.1) is 0 Å². The lowest BCUT2D eigenvalue weighted by molar-refractivity contribution is -0.114. The zero-order valence-corrected chi connectivity index (χ0v) is 13.3. The molecule has 1 unspecified atom stereocenters. The van der Waals surface area contributed by atoms with Crippen molar-refractivity contribution >= 4 is 17.4 Å². The molecule has 0 saturated heterocycles. The zero-order valence-electron chi connectivity index (χ0n) is 13.3. The Bertz CT molecular complexity index is 592. The summed E-state index contributed by atoms with van der Waals surface area (Å²) < 4.78 is 5.61. The van der Waals surface area contributed by atoms with E-state index in [1.54, 1.807) is 18.2 Å². The Morgan fingerprint density at radius 1 is 1.32 bits per heavy atom. The summed E-state index contributed by atoms with van der Waals surface area (Å²) in [4.78, 5) is 24.8. The number of carbonyl (C=O) groups is 2. The maximum absolute atomic E-state index is 11.8. The van der Waals surface area contributed by atoms with Crippen LogP contribution in [-0.2, 0) is 4.79 Å². The van der Waals surface area contributed by atoms with Crippen molar-refractivity contribution in [2.24, 2.45) is 0 Å². The second kappa shape index (κ2) is 6.06. The highest BCUT2D eigenvalue weighted by Gasteiger charge is 2.35.